The Morgan fingerprint density at radius 2 is 2.08 bits per heavy atom. The second-order valence-electron chi connectivity index (χ2n) is 7.20. The summed E-state index contributed by atoms with van der Waals surface area (Å²) in [7, 11) is 0. The molecule has 0 aromatic carbocycles. The highest BCUT2D eigenvalue weighted by atomic mass is 79.9. The van der Waals surface area contributed by atoms with E-state index in [0.29, 0.717) is 0 Å². The number of H-pyrrole nitrogens is 1. The van der Waals surface area contributed by atoms with E-state index in [-0.39, 0.29) is 30.3 Å². The fourth-order valence-electron chi connectivity index (χ4n) is 4.10. The Bertz CT molecular complexity index is 789. The minimum Gasteiger partial charge on any atom is -0.368 e. The Labute approximate surface area is 167 Å². The topological polar surface area (TPSA) is 87.0 Å². The molecule has 0 spiro atoms. The molecule has 4 rings (SSSR count). The molecule has 6 nitrogen and oxygen atoms in total. The number of aromatic amines is 1. The number of anilines is 2. The summed E-state index contributed by atoms with van der Waals surface area (Å²) in [5.41, 5.74) is 8.86. The SMILES string of the molecule is Cl.NC1CCCN(c2c(Br)cnc3[nH]cc(NC(=O)C4CCCC4)c23)C1. The van der Waals surface area contributed by atoms with Crippen molar-refractivity contribution in [3.8, 4) is 0 Å². The van der Waals surface area contributed by atoms with E-state index in [4.69, 9.17) is 5.73 Å². The van der Waals surface area contributed by atoms with Gasteiger partial charge in [0, 0.05) is 37.4 Å². The average molecular weight is 443 g/mol. The molecule has 2 aromatic rings. The maximum Gasteiger partial charge on any atom is 0.227 e. The molecule has 0 bridgehead atoms. The van der Waals surface area contributed by atoms with Gasteiger partial charge in [-0.05, 0) is 41.6 Å². The first-order valence-corrected chi connectivity index (χ1v) is 9.89. The molecule has 2 fully saturated rings. The highest BCUT2D eigenvalue weighted by Crippen LogP contribution is 2.39. The summed E-state index contributed by atoms with van der Waals surface area (Å²) in [6, 6.07) is 0.180. The van der Waals surface area contributed by atoms with Crippen LogP contribution in [-0.2, 0) is 4.79 Å². The molecular weight excluding hydrogens is 418 g/mol. The van der Waals surface area contributed by atoms with Gasteiger partial charge in [-0.15, -0.1) is 12.4 Å². The fourth-order valence-corrected chi connectivity index (χ4v) is 4.65. The molecule has 26 heavy (non-hydrogen) atoms. The largest absolute Gasteiger partial charge is 0.368 e. The number of aromatic nitrogens is 2. The van der Waals surface area contributed by atoms with Crippen molar-refractivity contribution < 1.29 is 4.79 Å². The van der Waals surface area contributed by atoms with Crippen LogP contribution >= 0.6 is 28.3 Å². The van der Waals surface area contributed by atoms with E-state index >= 15 is 0 Å². The van der Waals surface area contributed by atoms with Crippen molar-refractivity contribution in [2.45, 2.75) is 44.6 Å². The number of nitrogens with one attached hydrogen (secondary N) is 2. The van der Waals surface area contributed by atoms with Crippen molar-refractivity contribution in [3.05, 3.63) is 16.9 Å². The van der Waals surface area contributed by atoms with E-state index in [2.05, 4.69) is 36.1 Å². The van der Waals surface area contributed by atoms with Gasteiger partial charge in [0.2, 0.25) is 5.91 Å². The predicted molar refractivity (Wildman–Crippen MR) is 111 cm³/mol. The van der Waals surface area contributed by atoms with Crippen LogP contribution in [0.15, 0.2) is 16.9 Å². The Balaban J connectivity index is 0.00000196. The summed E-state index contributed by atoms with van der Waals surface area (Å²) in [4.78, 5) is 22.6. The first kappa shape index (κ1) is 19.5. The number of hydrogen-bond donors (Lipinski definition) is 3. The fraction of sp³-hybridized carbons (Fsp3) is 0.556. The van der Waals surface area contributed by atoms with Gasteiger partial charge in [0.25, 0.3) is 0 Å². The summed E-state index contributed by atoms with van der Waals surface area (Å²) in [5.74, 6) is 0.261. The highest BCUT2D eigenvalue weighted by molar-refractivity contribution is 9.10. The summed E-state index contributed by atoms with van der Waals surface area (Å²) in [6.45, 7) is 1.78. The summed E-state index contributed by atoms with van der Waals surface area (Å²) >= 11 is 3.65. The standard InChI is InChI=1S/C18H24BrN5O.ClH/c19-13-8-21-17-15(16(13)24-7-3-6-12(20)10-24)14(9-22-17)23-18(25)11-4-1-2-5-11;/h8-9,11-12H,1-7,10,20H2,(H,21,22)(H,23,25);1H. The van der Waals surface area contributed by atoms with Crippen LogP contribution in [0.3, 0.4) is 0 Å². The van der Waals surface area contributed by atoms with Crippen molar-refractivity contribution in [1.82, 2.24) is 9.97 Å². The lowest BCUT2D eigenvalue weighted by Gasteiger charge is -2.33. The third-order valence-electron chi connectivity index (χ3n) is 5.39. The zero-order chi connectivity index (χ0) is 17.4. The van der Waals surface area contributed by atoms with E-state index in [1.165, 1.54) is 0 Å². The van der Waals surface area contributed by atoms with E-state index in [1.807, 2.05) is 12.4 Å². The van der Waals surface area contributed by atoms with Crippen molar-refractivity contribution in [2.75, 3.05) is 23.3 Å². The van der Waals surface area contributed by atoms with Crippen molar-refractivity contribution in [2.24, 2.45) is 11.7 Å². The number of halogens is 2. The molecule has 1 amide bonds. The summed E-state index contributed by atoms with van der Waals surface area (Å²) in [5, 5.41) is 4.10. The Kier molecular flexibility index (Phi) is 6.10. The third-order valence-corrected chi connectivity index (χ3v) is 5.97. The third kappa shape index (κ3) is 3.70. The van der Waals surface area contributed by atoms with E-state index in [0.717, 1.165) is 78.5 Å². The normalized spacial score (nSPS) is 21.0. The summed E-state index contributed by atoms with van der Waals surface area (Å²) in [6.07, 6.45) is 10.1. The lowest BCUT2D eigenvalue weighted by Crippen LogP contribution is -2.43. The monoisotopic (exact) mass is 441 g/mol. The van der Waals surface area contributed by atoms with Crippen molar-refractivity contribution >= 4 is 56.7 Å². The van der Waals surface area contributed by atoms with Gasteiger partial charge < -0.3 is 20.9 Å². The number of piperidine rings is 1. The van der Waals surface area contributed by atoms with Gasteiger partial charge >= 0.3 is 0 Å². The molecule has 1 atom stereocenters. The Morgan fingerprint density at radius 3 is 2.81 bits per heavy atom. The lowest BCUT2D eigenvalue weighted by molar-refractivity contribution is -0.119. The van der Waals surface area contributed by atoms with Gasteiger partial charge in [0.15, 0.2) is 0 Å². The van der Waals surface area contributed by atoms with Gasteiger partial charge in [0.05, 0.1) is 21.2 Å². The number of carbonyl (C=O) groups excluding carboxylic acids is 1. The minimum atomic E-state index is 0. The van der Waals surface area contributed by atoms with E-state index < -0.39 is 0 Å². The molecule has 1 aliphatic carbocycles. The van der Waals surface area contributed by atoms with Gasteiger partial charge in [-0.3, -0.25) is 4.79 Å². The smallest absolute Gasteiger partial charge is 0.227 e. The molecule has 4 N–H and O–H groups in total. The molecule has 1 saturated carbocycles. The molecule has 3 heterocycles. The van der Waals surface area contributed by atoms with Crippen LogP contribution < -0.4 is 16.0 Å². The first-order valence-electron chi connectivity index (χ1n) is 9.10. The maximum atomic E-state index is 12.6. The quantitative estimate of drug-likeness (QED) is 0.674. The molecule has 2 aliphatic rings. The Hall–Kier alpha value is -1.31. The number of hydrogen-bond acceptors (Lipinski definition) is 4. The number of nitrogens with two attached hydrogens (primary N) is 1. The maximum absolute atomic E-state index is 12.6. The van der Waals surface area contributed by atoms with Gasteiger partial charge in [-0.25, -0.2) is 4.98 Å². The average Bonchev–Trinajstić information content (AvgIpc) is 3.25. The number of pyridine rings is 1. The molecule has 1 aliphatic heterocycles. The van der Waals surface area contributed by atoms with Crippen LogP contribution in [0, 0.1) is 5.92 Å². The van der Waals surface area contributed by atoms with Crippen LogP contribution in [0.25, 0.3) is 11.0 Å². The number of amides is 1. The number of carbonyl (C=O) groups is 1. The molecule has 0 radical (unpaired) electrons. The highest BCUT2D eigenvalue weighted by Gasteiger charge is 2.26. The van der Waals surface area contributed by atoms with Crippen LogP contribution in [0.4, 0.5) is 11.4 Å². The van der Waals surface area contributed by atoms with Crippen molar-refractivity contribution in [1.29, 1.82) is 0 Å². The Morgan fingerprint density at radius 1 is 1.31 bits per heavy atom. The van der Waals surface area contributed by atoms with Gasteiger partial charge in [-0.2, -0.15) is 0 Å². The van der Waals surface area contributed by atoms with E-state index in [1.54, 1.807) is 0 Å². The van der Waals surface area contributed by atoms with Crippen LogP contribution in [0.1, 0.15) is 38.5 Å². The number of fused-ring (bicyclic) bond motifs is 1. The zero-order valence-electron chi connectivity index (χ0n) is 14.6. The number of nitrogens with zero attached hydrogens (tertiary/aromatic N) is 2. The summed E-state index contributed by atoms with van der Waals surface area (Å²) < 4.78 is 0.935. The van der Waals surface area contributed by atoms with Gasteiger partial charge in [-0.1, -0.05) is 12.8 Å². The second-order valence-corrected chi connectivity index (χ2v) is 8.05. The molecule has 8 heteroatoms. The minimum absolute atomic E-state index is 0. The molecular formula is C18H25BrClN5O. The molecule has 1 saturated heterocycles. The second kappa shape index (κ2) is 8.15. The first-order chi connectivity index (χ1) is 12.1. The van der Waals surface area contributed by atoms with Crippen LogP contribution in [0.2, 0.25) is 0 Å². The molecule has 2 aromatic heterocycles. The van der Waals surface area contributed by atoms with Gasteiger partial charge in [0.1, 0.15) is 5.65 Å². The zero-order valence-corrected chi connectivity index (χ0v) is 17.0. The molecule has 142 valence electrons. The van der Waals surface area contributed by atoms with E-state index in [9.17, 15) is 4.79 Å². The molecule has 1 unspecified atom stereocenters. The lowest BCUT2D eigenvalue weighted by atomic mass is 10.0. The number of rotatable bonds is 3. The predicted octanol–water partition coefficient (Wildman–Crippen LogP) is 3.80. The van der Waals surface area contributed by atoms with Crippen molar-refractivity contribution in [3.63, 3.8) is 0 Å². The van der Waals surface area contributed by atoms with Crippen LogP contribution in [-0.4, -0.2) is 35.0 Å². The van der Waals surface area contributed by atoms with Crippen LogP contribution in [0.5, 0.6) is 0 Å².